The lowest BCUT2D eigenvalue weighted by Crippen LogP contribution is -2.17. The minimum absolute atomic E-state index is 0.345. The van der Waals surface area contributed by atoms with E-state index in [1.54, 1.807) is 0 Å². The number of anilines is 1. The molecule has 2 N–H and O–H groups in total. The van der Waals surface area contributed by atoms with Crippen molar-refractivity contribution in [2.24, 2.45) is 0 Å². The third-order valence-electron chi connectivity index (χ3n) is 4.55. The number of fused-ring (bicyclic) bond motifs is 3. The molecule has 3 heteroatoms. The molecule has 1 atom stereocenters. The lowest BCUT2D eigenvalue weighted by molar-refractivity contribution is 0.593. The van der Waals surface area contributed by atoms with Crippen LogP contribution in [0, 0.1) is 6.92 Å². The van der Waals surface area contributed by atoms with E-state index < -0.39 is 0 Å². The van der Waals surface area contributed by atoms with E-state index >= 15 is 0 Å². The molecule has 0 fully saturated rings. The lowest BCUT2D eigenvalue weighted by Gasteiger charge is -2.25. The van der Waals surface area contributed by atoms with Crippen molar-refractivity contribution in [3.05, 3.63) is 64.3 Å². The second kappa shape index (κ2) is 5.36. The van der Waals surface area contributed by atoms with Crippen LogP contribution in [0.1, 0.15) is 35.7 Å². The maximum atomic E-state index is 5.97. The Labute approximate surface area is 135 Å². The predicted octanol–water partition coefficient (Wildman–Crippen LogP) is 5.62. The van der Waals surface area contributed by atoms with Crippen LogP contribution in [0.15, 0.2) is 42.5 Å². The molecule has 1 aliphatic carbocycles. The van der Waals surface area contributed by atoms with Crippen molar-refractivity contribution >= 4 is 28.2 Å². The van der Waals surface area contributed by atoms with E-state index in [0.717, 1.165) is 23.6 Å². The highest BCUT2D eigenvalue weighted by Crippen LogP contribution is 2.36. The zero-order valence-electron chi connectivity index (χ0n) is 12.6. The van der Waals surface area contributed by atoms with Crippen molar-refractivity contribution in [3.63, 3.8) is 0 Å². The molecule has 2 nitrogen and oxygen atoms in total. The Bertz CT molecular complexity index is 817. The molecule has 0 unspecified atom stereocenters. The van der Waals surface area contributed by atoms with Gasteiger partial charge in [-0.3, -0.25) is 0 Å². The molecule has 1 aliphatic rings. The number of aromatic nitrogens is 1. The van der Waals surface area contributed by atoms with Gasteiger partial charge in [-0.25, -0.2) is 0 Å². The second-order valence-corrected chi connectivity index (χ2v) is 6.60. The number of hydrogen-bond acceptors (Lipinski definition) is 1. The second-order valence-electron chi connectivity index (χ2n) is 6.16. The van der Waals surface area contributed by atoms with Gasteiger partial charge in [-0.1, -0.05) is 23.2 Å². The Balaban J connectivity index is 1.72. The van der Waals surface area contributed by atoms with Crippen LogP contribution in [-0.4, -0.2) is 4.98 Å². The summed E-state index contributed by atoms with van der Waals surface area (Å²) >= 11 is 5.97. The summed E-state index contributed by atoms with van der Waals surface area (Å²) < 4.78 is 0. The minimum Gasteiger partial charge on any atom is -0.377 e. The predicted molar refractivity (Wildman–Crippen MR) is 93.8 cm³/mol. The van der Waals surface area contributed by atoms with E-state index in [1.807, 2.05) is 24.3 Å². The Morgan fingerprint density at radius 1 is 1.14 bits per heavy atom. The van der Waals surface area contributed by atoms with Gasteiger partial charge in [0.25, 0.3) is 0 Å². The van der Waals surface area contributed by atoms with Gasteiger partial charge in [0, 0.05) is 27.3 Å². The Kier molecular flexibility index (Phi) is 3.34. The van der Waals surface area contributed by atoms with E-state index in [1.165, 1.54) is 34.1 Å². The van der Waals surface area contributed by atoms with Gasteiger partial charge in [-0.15, -0.1) is 0 Å². The number of halogens is 1. The molecule has 0 aliphatic heterocycles. The van der Waals surface area contributed by atoms with Crippen LogP contribution in [0.4, 0.5) is 5.69 Å². The molecule has 0 saturated carbocycles. The fourth-order valence-corrected chi connectivity index (χ4v) is 3.59. The molecule has 2 aromatic carbocycles. The van der Waals surface area contributed by atoms with Crippen LogP contribution in [0.5, 0.6) is 0 Å². The monoisotopic (exact) mass is 310 g/mol. The Morgan fingerprint density at radius 3 is 2.77 bits per heavy atom. The molecule has 0 spiro atoms. The molecule has 22 heavy (non-hydrogen) atoms. The number of hydrogen-bond donors (Lipinski definition) is 2. The number of aromatic amines is 1. The first kappa shape index (κ1) is 13.7. The first-order chi connectivity index (χ1) is 10.7. The zero-order valence-corrected chi connectivity index (χ0v) is 13.4. The van der Waals surface area contributed by atoms with Gasteiger partial charge in [0.15, 0.2) is 0 Å². The summed E-state index contributed by atoms with van der Waals surface area (Å²) in [5.74, 6) is 0. The summed E-state index contributed by atoms with van der Waals surface area (Å²) in [5, 5.41) is 5.81. The van der Waals surface area contributed by atoms with Crippen molar-refractivity contribution in [1.29, 1.82) is 0 Å². The molecule has 3 aromatic rings. The van der Waals surface area contributed by atoms with Gasteiger partial charge in [0.2, 0.25) is 0 Å². The first-order valence-electron chi connectivity index (χ1n) is 7.84. The van der Waals surface area contributed by atoms with E-state index in [2.05, 4.69) is 35.4 Å². The van der Waals surface area contributed by atoms with Crippen LogP contribution >= 0.6 is 11.6 Å². The molecular formula is C19H19ClN2. The summed E-state index contributed by atoms with van der Waals surface area (Å²) in [6.07, 6.45) is 3.54. The normalized spacial score (nSPS) is 17.5. The summed E-state index contributed by atoms with van der Waals surface area (Å²) in [6, 6.07) is 15.0. The van der Waals surface area contributed by atoms with Gasteiger partial charge in [0.05, 0.1) is 6.04 Å². The molecule has 0 saturated heterocycles. The van der Waals surface area contributed by atoms with Gasteiger partial charge in [-0.2, -0.15) is 0 Å². The van der Waals surface area contributed by atoms with E-state index in [-0.39, 0.29) is 0 Å². The average Bonchev–Trinajstić information content (AvgIpc) is 2.89. The van der Waals surface area contributed by atoms with Crippen molar-refractivity contribution in [1.82, 2.24) is 4.98 Å². The fourth-order valence-electron chi connectivity index (χ4n) is 3.47. The number of rotatable bonds is 2. The van der Waals surface area contributed by atoms with Gasteiger partial charge < -0.3 is 10.3 Å². The van der Waals surface area contributed by atoms with Gasteiger partial charge in [0.1, 0.15) is 0 Å². The highest BCUT2D eigenvalue weighted by Gasteiger charge is 2.24. The smallest absolute Gasteiger partial charge is 0.0666 e. The summed E-state index contributed by atoms with van der Waals surface area (Å²) in [4.78, 5) is 3.64. The minimum atomic E-state index is 0.345. The Morgan fingerprint density at radius 2 is 1.95 bits per heavy atom. The maximum absolute atomic E-state index is 5.97. The zero-order chi connectivity index (χ0) is 15.1. The average molecular weight is 311 g/mol. The topological polar surface area (TPSA) is 27.8 Å². The number of H-pyrrole nitrogens is 1. The number of benzene rings is 2. The van der Waals surface area contributed by atoms with Crippen LogP contribution < -0.4 is 5.32 Å². The Hall–Kier alpha value is -1.93. The maximum Gasteiger partial charge on any atom is 0.0666 e. The molecule has 0 bridgehead atoms. The highest BCUT2D eigenvalue weighted by molar-refractivity contribution is 6.30. The summed E-state index contributed by atoms with van der Waals surface area (Å²) in [6.45, 7) is 2.16. The largest absolute Gasteiger partial charge is 0.377 e. The first-order valence-corrected chi connectivity index (χ1v) is 8.22. The SMILES string of the molecule is Cc1ccc2[nH]c3c(c2c1)CCC[C@H]3Nc1ccc(Cl)cc1. The molecule has 1 aromatic heterocycles. The van der Waals surface area contributed by atoms with Crippen molar-refractivity contribution < 1.29 is 0 Å². The van der Waals surface area contributed by atoms with Crippen molar-refractivity contribution in [2.45, 2.75) is 32.2 Å². The lowest BCUT2D eigenvalue weighted by atomic mass is 9.91. The molecule has 0 amide bonds. The molecule has 0 radical (unpaired) electrons. The molecular weight excluding hydrogens is 292 g/mol. The quantitative estimate of drug-likeness (QED) is 0.631. The standard InChI is InChI=1S/C19H19ClN2/c1-12-5-10-17-16(11-12)15-3-2-4-18(19(15)22-17)21-14-8-6-13(20)7-9-14/h5-11,18,21-22H,2-4H2,1H3/t18-/m1/s1. The third-order valence-corrected chi connectivity index (χ3v) is 4.80. The molecule has 112 valence electrons. The number of aryl methyl sites for hydroxylation is 2. The van der Waals surface area contributed by atoms with Crippen molar-refractivity contribution in [2.75, 3.05) is 5.32 Å². The third kappa shape index (κ3) is 2.38. The van der Waals surface area contributed by atoms with Crippen LogP contribution in [0.2, 0.25) is 5.02 Å². The molecule has 1 heterocycles. The fraction of sp³-hybridized carbons (Fsp3) is 0.263. The van der Waals surface area contributed by atoms with Crippen molar-refractivity contribution in [3.8, 4) is 0 Å². The summed E-state index contributed by atoms with van der Waals surface area (Å²) in [7, 11) is 0. The van der Waals surface area contributed by atoms with E-state index in [9.17, 15) is 0 Å². The van der Waals surface area contributed by atoms with Crippen LogP contribution in [-0.2, 0) is 6.42 Å². The summed E-state index contributed by atoms with van der Waals surface area (Å²) in [5.41, 5.74) is 6.53. The highest BCUT2D eigenvalue weighted by atomic mass is 35.5. The molecule has 4 rings (SSSR count). The number of nitrogens with one attached hydrogen (secondary N) is 2. The van der Waals surface area contributed by atoms with Gasteiger partial charge >= 0.3 is 0 Å². The van der Waals surface area contributed by atoms with Gasteiger partial charge in [-0.05, 0) is 68.1 Å². The van der Waals surface area contributed by atoms with Crippen LogP contribution in [0.3, 0.4) is 0 Å². The van der Waals surface area contributed by atoms with E-state index in [4.69, 9.17) is 11.6 Å². The van der Waals surface area contributed by atoms with Crippen LogP contribution in [0.25, 0.3) is 10.9 Å². The van der Waals surface area contributed by atoms with E-state index in [0.29, 0.717) is 6.04 Å².